The third-order valence-electron chi connectivity index (χ3n) is 2.56. The molecule has 1 heterocycles. The van der Waals surface area contributed by atoms with Gasteiger partial charge >= 0.3 is 0 Å². The minimum Gasteiger partial charge on any atom is -0.277 e. The minimum atomic E-state index is -0.268. The molecule has 0 aliphatic rings. The maximum Gasteiger partial charge on any atom is 0.271 e. The molecule has 0 spiro atoms. The van der Waals surface area contributed by atoms with Crippen LogP contribution < -0.4 is 11.0 Å². The summed E-state index contributed by atoms with van der Waals surface area (Å²) >= 11 is 0. The Morgan fingerprint density at radius 2 is 1.95 bits per heavy atom. The van der Waals surface area contributed by atoms with Crippen LogP contribution in [0.5, 0.6) is 0 Å². The second-order valence-corrected chi connectivity index (χ2v) is 4.13. The van der Waals surface area contributed by atoms with E-state index in [4.69, 9.17) is 10.5 Å². The average Bonchev–Trinajstić information content (AvgIpc) is 2.49. The van der Waals surface area contributed by atoms with Crippen LogP contribution in [0.15, 0.2) is 46.4 Å². The molecule has 0 atom stereocenters. The first-order chi connectivity index (χ1) is 10.1. The van der Waals surface area contributed by atoms with Crippen molar-refractivity contribution in [2.24, 2.45) is 5.10 Å². The Bertz CT molecular complexity index is 804. The van der Waals surface area contributed by atoms with Gasteiger partial charge in [-0.25, -0.2) is 0 Å². The molecule has 0 amide bonds. The molecule has 1 N–H and O–H groups in total. The molecule has 0 unspecified atom stereocenters. The molecule has 0 radical (unpaired) electrons. The summed E-state index contributed by atoms with van der Waals surface area (Å²) in [5.74, 6) is 0. The van der Waals surface area contributed by atoms with Crippen LogP contribution >= 0.6 is 0 Å². The minimum absolute atomic E-state index is 0.218. The van der Waals surface area contributed by atoms with Gasteiger partial charge < -0.3 is 0 Å². The monoisotopic (exact) mass is 278 g/mol. The smallest absolute Gasteiger partial charge is 0.271 e. The Morgan fingerprint density at radius 1 is 1.29 bits per heavy atom. The normalized spacial score (nSPS) is 9.29. The van der Waals surface area contributed by atoms with Gasteiger partial charge in [0.2, 0.25) is 5.71 Å². The molecule has 2 rings (SSSR count). The van der Waals surface area contributed by atoms with Gasteiger partial charge in [-0.15, -0.1) is 0 Å². The number of hydrogen-bond donors (Lipinski definition) is 1. The summed E-state index contributed by atoms with van der Waals surface area (Å²) in [6.07, 6.45) is 1.60. The number of aromatic nitrogens is 2. The predicted molar refractivity (Wildman–Crippen MR) is 76.9 cm³/mol. The number of hydrogen-bond acceptors (Lipinski definition) is 6. The van der Waals surface area contributed by atoms with Crippen LogP contribution in [0.2, 0.25) is 0 Å². The highest BCUT2D eigenvalue weighted by atomic mass is 16.1. The van der Waals surface area contributed by atoms with E-state index in [-0.39, 0.29) is 11.3 Å². The molecule has 1 aromatic carbocycles. The second-order valence-electron chi connectivity index (χ2n) is 4.13. The quantitative estimate of drug-likeness (QED) is 0.673. The number of hydrazone groups is 1. The number of aryl methyl sites for hydroxylation is 1. The average molecular weight is 278 g/mol. The zero-order valence-corrected chi connectivity index (χ0v) is 11.1. The highest BCUT2D eigenvalue weighted by molar-refractivity contribution is 6.10. The molecule has 0 fully saturated rings. The Labute approximate surface area is 120 Å². The van der Waals surface area contributed by atoms with E-state index in [2.05, 4.69) is 15.6 Å². The standard InChI is InChI=1S/C14H10N6O/c1-10-6-14(21)20(17-9-10)13-4-2-11(3-5-13)18-19-12(7-15)8-16/h2-6,9,18H,1H3. The zero-order chi connectivity index (χ0) is 15.2. The fourth-order valence-corrected chi connectivity index (χ4v) is 1.57. The van der Waals surface area contributed by atoms with Crippen molar-refractivity contribution in [2.75, 3.05) is 5.43 Å². The topological polar surface area (TPSA) is 107 Å². The first-order valence-corrected chi connectivity index (χ1v) is 5.94. The lowest BCUT2D eigenvalue weighted by atomic mass is 10.3. The molecule has 0 saturated heterocycles. The summed E-state index contributed by atoms with van der Waals surface area (Å²) < 4.78 is 1.27. The van der Waals surface area contributed by atoms with Crippen molar-refractivity contribution in [1.29, 1.82) is 10.5 Å². The van der Waals surface area contributed by atoms with Crippen LogP contribution in [0.3, 0.4) is 0 Å². The van der Waals surface area contributed by atoms with Crippen molar-refractivity contribution in [1.82, 2.24) is 9.78 Å². The van der Waals surface area contributed by atoms with E-state index in [1.807, 2.05) is 0 Å². The molecule has 0 aliphatic heterocycles. The van der Waals surface area contributed by atoms with Crippen LogP contribution in [-0.4, -0.2) is 15.5 Å². The molecule has 0 saturated carbocycles. The maximum atomic E-state index is 11.8. The van der Waals surface area contributed by atoms with Gasteiger partial charge in [0.15, 0.2) is 0 Å². The number of benzene rings is 1. The van der Waals surface area contributed by atoms with Crippen LogP contribution in [0, 0.1) is 29.6 Å². The van der Waals surface area contributed by atoms with Gasteiger partial charge in [-0.3, -0.25) is 10.2 Å². The largest absolute Gasteiger partial charge is 0.277 e. The maximum absolute atomic E-state index is 11.8. The number of nitriles is 2. The van der Waals surface area contributed by atoms with Crippen LogP contribution in [0.4, 0.5) is 5.69 Å². The summed E-state index contributed by atoms with van der Waals surface area (Å²) in [5, 5.41) is 24.8. The molecule has 7 nitrogen and oxygen atoms in total. The predicted octanol–water partition coefficient (Wildman–Crippen LogP) is 1.36. The number of anilines is 1. The number of rotatable bonds is 3. The van der Waals surface area contributed by atoms with Crippen molar-refractivity contribution in [3.8, 4) is 17.8 Å². The highest BCUT2D eigenvalue weighted by Crippen LogP contribution is 2.11. The fraction of sp³-hybridized carbons (Fsp3) is 0.0714. The lowest BCUT2D eigenvalue weighted by molar-refractivity contribution is 0.800. The van der Waals surface area contributed by atoms with Crippen LogP contribution in [0.1, 0.15) is 5.56 Å². The Hall–Kier alpha value is -3.45. The van der Waals surface area contributed by atoms with Crippen molar-refractivity contribution >= 4 is 11.4 Å². The van der Waals surface area contributed by atoms with Gasteiger partial charge in [0.25, 0.3) is 5.56 Å². The molecule has 102 valence electrons. The SMILES string of the molecule is Cc1cnn(-c2ccc(NN=C(C#N)C#N)cc2)c(=O)c1. The molecule has 2 aromatic rings. The van der Waals surface area contributed by atoms with E-state index in [0.717, 1.165) is 5.56 Å². The molecular formula is C14H10N6O. The van der Waals surface area contributed by atoms with Crippen molar-refractivity contribution in [2.45, 2.75) is 6.92 Å². The molecule has 1 aromatic heterocycles. The Morgan fingerprint density at radius 3 is 2.52 bits per heavy atom. The second kappa shape index (κ2) is 6.13. The van der Waals surface area contributed by atoms with E-state index in [1.165, 1.54) is 10.7 Å². The van der Waals surface area contributed by atoms with E-state index in [0.29, 0.717) is 11.4 Å². The van der Waals surface area contributed by atoms with Gasteiger partial charge in [0, 0.05) is 6.07 Å². The van der Waals surface area contributed by atoms with Gasteiger partial charge in [0.05, 0.1) is 17.6 Å². The first kappa shape index (κ1) is 14.0. The van der Waals surface area contributed by atoms with Crippen molar-refractivity contribution in [3.05, 3.63) is 52.4 Å². The molecule has 21 heavy (non-hydrogen) atoms. The third kappa shape index (κ3) is 3.31. The molecule has 7 heteroatoms. The highest BCUT2D eigenvalue weighted by Gasteiger charge is 2.01. The lowest BCUT2D eigenvalue weighted by Crippen LogP contribution is -2.20. The van der Waals surface area contributed by atoms with Gasteiger partial charge in [-0.05, 0) is 36.8 Å². The van der Waals surface area contributed by atoms with E-state index < -0.39 is 0 Å². The zero-order valence-electron chi connectivity index (χ0n) is 11.1. The summed E-state index contributed by atoms with van der Waals surface area (Å²) in [6, 6.07) is 11.5. The number of nitrogens with one attached hydrogen (secondary N) is 1. The lowest BCUT2D eigenvalue weighted by Gasteiger charge is -2.05. The van der Waals surface area contributed by atoms with Crippen molar-refractivity contribution < 1.29 is 0 Å². The first-order valence-electron chi connectivity index (χ1n) is 5.94. The Kier molecular flexibility index (Phi) is 4.08. The summed E-state index contributed by atoms with van der Waals surface area (Å²) in [5.41, 5.74) is 4.09. The third-order valence-corrected chi connectivity index (χ3v) is 2.56. The molecule has 0 bridgehead atoms. The Balaban J connectivity index is 2.24. The van der Waals surface area contributed by atoms with Gasteiger partial charge in [-0.2, -0.15) is 25.4 Å². The van der Waals surface area contributed by atoms with E-state index in [1.54, 1.807) is 49.5 Å². The summed E-state index contributed by atoms with van der Waals surface area (Å²) in [4.78, 5) is 11.8. The van der Waals surface area contributed by atoms with E-state index >= 15 is 0 Å². The number of nitrogens with zero attached hydrogens (tertiary/aromatic N) is 5. The summed E-state index contributed by atoms with van der Waals surface area (Å²) in [7, 11) is 0. The summed E-state index contributed by atoms with van der Waals surface area (Å²) in [6.45, 7) is 1.80. The van der Waals surface area contributed by atoms with E-state index in [9.17, 15) is 4.79 Å². The van der Waals surface area contributed by atoms with Crippen LogP contribution in [-0.2, 0) is 0 Å². The molecular weight excluding hydrogens is 268 g/mol. The van der Waals surface area contributed by atoms with Gasteiger partial charge in [-0.1, -0.05) is 0 Å². The van der Waals surface area contributed by atoms with Gasteiger partial charge in [0.1, 0.15) is 12.1 Å². The molecule has 0 aliphatic carbocycles. The van der Waals surface area contributed by atoms with Crippen LogP contribution in [0.25, 0.3) is 5.69 Å². The fourth-order valence-electron chi connectivity index (χ4n) is 1.57. The van der Waals surface area contributed by atoms with Crippen molar-refractivity contribution in [3.63, 3.8) is 0 Å².